The molecular weight excluding hydrogens is 506 g/mol. The molecule has 1 atom stereocenters. The summed E-state index contributed by atoms with van der Waals surface area (Å²) >= 11 is 0. The molecule has 3 heterocycles. The molecule has 8 nitrogen and oxygen atoms in total. The molecule has 0 bridgehead atoms. The number of nitrogens with two attached hydrogens (primary N) is 1. The number of halogens is 6. The second kappa shape index (κ2) is 10.3. The molecule has 0 aliphatic carbocycles. The van der Waals surface area contributed by atoms with Gasteiger partial charge in [-0.25, -0.2) is 18.2 Å². The van der Waals surface area contributed by atoms with Gasteiger partial charge in [0.2, 0.25) is 11.7 Å². The number of fused-ring (bicyclic) bond motifs is 1. The number of alkyl halides is 3. The lowest BCUT2D eigenvalue weighted by Crippen LogP contribution is -2.48. The summed E-state index contributed by atoms with van der Waals surface area (Å²) in [5.74, 6) is -5.97. The van der Waals surface area contributed by atoms with Crippen molar-refractivity contribution in [3.05, 3.63) is 52.4 Å². The lowest BCUT2D eigenvalue weighted by atomic mass is 10.0. The van der Waals surface area contributed by atoms with Crippen LogP contribution in [0.5, 0.6) is 0 Å². The third-order valence-electron chi connectivity index (χ3n) is 6.61. The van der Waals surface area contributed by atoms with Crippen molar-refractivity contribution in [1.82, 2.24) is 24.3 Å². The highest BCUT2D eigenvalue weighted by atomic mass is 19.4. The molecular formula is C23H26F6N6O2. The van der Waals surface area contributed by atoms with Gasteiger partial charge in [-0.1, -0.05) is 0 Å². The zero-order chi connectivity index (χ0) is 27.1. The monoisotopic (exact) mass is 532 g/mol. The van der Waals surface area contributed by atoms with Gasteiger partial charge in [-0.2, -0.15) is 13.2 Å². The zero-order valence-electron chi connectivity index (χ0n) is 20.0. The Balaban J connectivity index is 1.51. The third kappa shape index (κ3) is 5.74. The summed E-state index contributed by atoms with van der Waals surface area (Å²) in [7, 11) is 1.87. The van der Waals surface area contributed by atoms with E-state index >= 15 is 0 Å². The van der Waals surface area contributed by atoms with E-state index in [1.165, 1.54) is 9.80 Å². The van der Waals surface area contributed by atoms with Crippen LogP contribution < -0.4 is 5.73 Å². The van der Waals surface area contributed by atoms with Gasteiger partial charge in [-0.15, -0.1) is 0 Å². The van der Waals surface area contributed by atoms with E-state index in [4.69, 9.17) is 5.73 Å². The maximum atomic E-state index is 13.9. The van der Waals surface area contributed by atoms with E-state index in [0.717, 1.165) is 4.57 Å². The molecule has 2 aliphatic rings. The second-order valence-electron chi connectivity index (χ2n) is 9.32. The lowest BCUT2D eigenvalue weighted by molar-refractivity contribution is -0.148. The average Bonchev–Trinajstić information content (AvgIpc) is 3.22. The van der Waals surface area contributed by atoms with Crippen LogP contribution in [0, 0.1) is 17.5 Å². The molecule has 37 heavy (non-hydrogen) atoms. The largest absolute Gasteiger partial charge is 0.449 e. The van der Waals surface area contributed by atoms with Crippen molar-refractivity contribution in [2.75, 3.05) is 39.8 Å². The number of likely N-dealkylation sites (N-methyl/N-ethyl adjacent to an activating group) is 1. The van der Waals surface area contributed by atoms with E-state index in [9.17, 15) is 35.9 Å². The molecule has 0 unspecified atom stereocenters. The summed E-state index contributed by atoms with van der Waals surface area (Å²) in [6.07, 6.45) is -5.37. The fraction of sp³-hybridized carbons (Fsp3) is 0.522. The number of carbonyl (C=O) groups is 2. The van der Waals surface area contributed by atoms with Gasteiger partial charge >= 0.3 is 6.18 Å². The molecule has 2 amide bonds. The molecule has 1 aromatic carbocycles. The van der Waals surface area contributed by atoms with Crippen LogP contribution in [0.2, 0.25) is 0 Å². The Hall–Kier alpha value is -3.13. The number of hydrogen-bond donors (Lipinski definition) is 1. The summed E-state index contributed by atoms with van der Waals surface area (Å²) in [6.45, 7) is 1.20. The highest BCUT2D eigenvalue weighted by Gasteiger charge is 2.42. The molecule has 0 saturated carbocycles. The molecule has 2 N–H and O–H groups in total. The zero-order valence-corrected chi connectivity index (χ0v) is 20.0. The summed E-state index contributed by atoms with van der Waals surface area (Å²) in [5, 5.41) is 0. The number of hydrogen-bond acceptors (Lipinski definition) is 5. The highest BCUT2D eigenvalue weighted by molar-refractivity contribution is 5.94. The highest BCUT2D eigenvalue weighted by Crippen LogP contribution is 2.33. The smallest absolute Gasteiger partial charge is 0.335 e. The molecule has 1 saturated heterocycles. The first-order valence-corrected chi connectivity index (χ1v) is 11.7. The van der Waals surface area contributed by atoms with Crippen LogP contribution in [0.25, 0.3) is 0 Å². The Bertz CT molecular complexity index is 1190. The van der Waals surface area contributed by atoms with Crippen LogP contribution in [0.4, 0.5) is 26.3 Å². The quantitative estimate of drug-likeness (QED) is 0.471. The fourth-order valence-electron chi connectivity index (χ4n) is 4.56. The van der Waals surface area contributed by atoms with Crippen molar-refractivity contribution < 1.29 is 35.9 Å². The first-order chi connectivity index (χ1) is 17.3. The normalized spacial score (nSPS) is 17.6. The minimum Gasteiger partial charge on any atom is -0.335 e. The number of aromatic nitrogens is 2. The van der Waals surface area contributed by atoms with Crippen molar-refractivity contribution >= 4 is 11.8 Å². The van der Waals surface area contributed by atoms with E-state index < -0.39 is 47.3 Å². The Morgan fingerprint density at radius 1 is 0.973 bits per heavy atom. The Kier molecular flexibility index (Phi) is 7.51. The Morgan fingerprint density at radius 2 is 1.59 bits per heavy atom. The van der Waals surface area contributed by atoms with Gasteiger partial charge in [0.25, 0.3) is 5.91 Å². The first kappa shape index (κ1) is 26.9. The number of nitrogens with zero attached hydrogens (tertiary/aromatic N) is 5. The fourth-order valence-corrected chi connectivity index (χ4v) is 4.56. The van der Waals surface area contributed by atoms with Gasteiger partial charge < -0.3 is 25.0 Å². The van der Waals surface area contributed by atoms with Crippen LogP contribution >= 0.6 is 0 Å². The third-order valence-corrected chi connectivity index (χ3v) is 6.61. The maximum absolute atomic E-state index is 13.9. The first-order valence-electron chi connectivity index (χ1n) is 11.7. The van der Waals surface area contributed by atoms with E-state index in [0.29, 0.717) is 38.3 Å². The predicted molar refractivity (Wildman–Crippen MR) is 119 cm³/mol. The number of benzene rings is 1. The summed E-state index contributed by atoms with van der Waals surface area (Å²) in [5.41, 5.74) is 5.39. The molecule has 1 aromatic heterocycles. The predicted octanol–water partition coefficient (Wildman–Crippen LogP) is 2.01. The van der Waals surface area contributed by atoms with Gasteiger partial charge in [0.05, 0.1) is 12.2 Å². The molecule has 2 aliphatic heterocycles. The topological polar surface area (TPSA) is 87.7 Å². The van der Waals surface area contributed by atoms with E-state index in [1.54, 1.807) is 0 Å². The Labute approximate surface area is 208 Å². The van der Waals surface area contributed by atoms with Crippen molar-refractivity contribution in [2.45, 2.75) is 38.1 Å². The van der Waals surface area contributed by atoms with Crippen LogP contribution in [0.15, 0.2) is 12.1 Å². The SMILES string of the molecule is CN1CCN(C(=O)c2nc(C(F)(F)F)n3c2CN(C(=O)C[C@H](N)Cc2cc(F)c(F)cc2F)CC3)CC1. The van der Waals surface area contributed by atoms with E-state index in [-0.39, 0.29) is 49.4 Å². The van der Waals surface area contributed by atoms with E-state index in [1.807, 2.05) is 11.9 Å². The Morgan fingerprint density at radius 3 is 2.24 bits per heavy atom. The van der Waals surface area contributed by atoms with Gasteiger partial charge in [0.1, 0.15) is 5.82 Å². The number of piperazine rings is 1. The molecule has 202 valence electrons. The molecule has 0 radical (unpaired) electrons. The standard InChI is InChI=1S/C23H26F6N6O2/c1-32-2-4-33(5-3-32)21(37)20-18-12-34(6-7-35(18)22(31-20)23(27,28)29)19(36)10-14(30)8-13-9-16(25)17(26)11-15(13)24/h9,11,14H,2-8,10,12,30H2,1H3/t14-/m1/s1. The molecule has 0 spiro atoms. The van der Waals surface area contributed by atoms with Gasteiger partial charge in [0, 0.05) is 57.8 Å². The number of carbonyl (C=O) groups excluding carboxylic acids is 2. The van der Waals surface area contributed by atoms with Crippen LogP contribution in [-0.4, -0.2) is 81.9 Å². The second-order valence-corrected chi connectivity index (χ2v) is 9.32. The van der Waals surface area contributed by atoms with Crippen molar-refractivity contribution in [3.63, 3.8) is 0 Å². The van der Waals surface area contributed by atoms with Gasteiger partial charge in [-0.3, -0.25) is 9.59 Å². The van der Waals surface area contributed by atoms with E-state index in [2.05, 4.69) is 4.98 Å². The molecule has 1 fully saturated rings. The minimum absolute atomic E-state index is 0.0175. The van der Waals surface area contributed by atoms with Crippen molar-refractivity contribution in [2.24, 2.45) is 5.73 Å². The summed E-state index contributed by atoms with van der Waals surface area (Å²) in [6, 6.07) is 0.0989. The van der Waals surface area contributed by atoms with Crippen LogP contribution in [0.1, 0.15) is 34.0 Å². The number of amides is 2. The molecule has 14 heteroatoms. The van der Waals surface area contributed by atoms with Gasteiger partial charge in [-0.05, 0) is 25.1 Å². The summed E-state index contributed by atoms with van der Waals surface area (Å²) in [4.78, 5) is 34.4. The van der Waals surface area contributed by atoms with Crippen molar-refractivity contribution in [1.29, 1.82) is 0 Å². The lowest BCUT2D eigenvalue weighted by Gasteiger charge is -2.33. The molecule has 2 aromatic rings. The number of rotatable bonds is 5. The van der Waals surface area contributed by atoms with Gasteiger partial charge in [0.15, 0.2) is 17.3 Å². The maximum Gasteiger partial charge on any atom is 0.449 e. The van der Waals surface area contributed by atoms with Crippen LogP contribution in [0.3, 0.4) is 0 Å². The number of imidazole rings is 1. The minimum atomic E-state index is -4.79. The van der Waals surface area contributed by atoms with Crippen LogP contribution in [-0.2, 0) is 30.5 Å². The summed E-state index contributed by atoms with van der Waals surface area (Å²) < 4.78 is 82.5. The average molecular weight is 532 g/mol. The van der Waals surface area contributed by atoms with Crippen molar-refractivity contribution in [3.8, 4) is 0 Å². The molecule has 4 rings (SSSR count).